The van der Waals surface area contributed by atoms with E-state index in [0.29, 0.717) is 24.1 Å². The molecule has 1 aromatic heterocycles. The number of nitrogens with zero attached hydrogens (tertiary/aromatic N) is 1. The number of amides is 1. The maximum atomic E-state index is 13.1. The molecule has 10 heteroatoms. The van der Waals surface area contributed by atoms with Crippen LogP contribution >= 0.6 is 15.9 Å². The van der Waals surface area contributed by atoms with Crippen LogP contribution in [0.1, 0.15) is 10.5 Å². The first-order valence-corrected chi connectivity index (χ1v) is 10.3. The van der Waals surface area contributed by atoms with Crippen LogP contribution in [0.25, 0.3) is 10.9 Å². The molecule has 3 rings (SSSR count). The molecule has 1 fully saturated rings. The van der Waals surface area contributed by atoms with Gasteiger partial charge in [-0.25, -0.2) is 0 Å². The zero-order valence-corrected chi connectivity index (χ0v) is 16.8. The Kier molecular flexibility index (Phi) is 4.59. The number of ether oxygens (including phenoxy) is 1. The van der Waals surface area contributed by atoms with Crippen molar-refractivity contribution in [2.24, 2.45) is 5.73 Å². The predicted octanol–water partition coefficient (Wildman–Crippen LogP) is -0.691. The van der Waals surface area contributed by atoms with Crippen molar-refractivity contribution >= 4 is 64.0 Å². The van der Waals surface area contributed by atoms with Crippen LogP contribution in [0.2, 0.25) is 0 Å². The molecule has 2 heterocycles. The van der Waals surface area contributed by atoms with Gasteiger partial charge in [0, 0.05) is 0 Å². The van der Waals surface area contributed by atoms with E-state index in [9.17, 15) is 13.2 Å². The first-order valence-electron chi connectivity index (χ1n) is 6.81. The maximum absolute atomic E-state index is 13.1. The van der Waals surface area contributed by atoms with Crippen molar-refractivity contribution in [1.29, 1.82) is 0 Å². The number of nitrogens with two attached hydrogens (primary N) is 1. The summed E-state index contributed by atoms with van der Waals surface area (Å²) in [7, 11) is -3.85. The van der Waals surface area contributed by atoms with Crippen molar-refractivity contribution < 1.29 is 17.9 Å². The molecule has 0 saturated carbocycles. The molecule has 0 radical (unpaired) electrons. The predicted molar refractivity (Wildman–Crippen MR) is 92.3 cm³/mol. The summed E-state index contributed by atoms with van der Waals surface area (Å²) in [5, 5.41) is 0.514. The molecule has 23 heavy (non-hydrogen) atoms. The molecule has 1 atom stereocenters. The molecule has 2 aromatic rings. The molecule has 0 spiro atoms. The Labute approximate surface area is 150 Å². The van der Waals surface area contributed by atoms with Crippen LogP contribution < -0.4 is 10.1 Å². The van der Waals surface area contributed by atoms with E-state index in [-0.39, 0.29) is 23.7 Å². The van der Waals surface area contributed by atoms with Gasteiger partial charge in [-0.15, -0.1) is 0 Å². The van der Waals surface area contributed by atoms with Crippen molar-refractivity contribution in [2.45, 2.75) is 4.90 Å². The van der Waals surface area contributed by atoms with Crippen LogP contribution in [-0.2, 0) is 14.8 Å². The SMILES string of the molecule is NC(=O)c1[nH]c2ccc(Br)c([AsH2])c2c1S(=O)(=O)N1CCOCC1. The second-order valence-corrected chi connectivity index (χ2v) is 9.03. The number of hydrogen-bond donors (Lipinski definition) is 2. The van der Waals surface area contributed by atoms with Crippen LogP contribution in [0.3, 0.4) is 0 Å². The number of aromatic nitrogens is 1. The number of hydrogen-bond acceptors (Lipinski definition) is 4. The van der Waals surface area contributed by atoms with Gasteiger partial charge in [0.25, 0.3) is 0 Å². The molecule has 1 aromatic carbocycles. The Morgan fingerprint density at radius 3 is 2.61 bits per heavy atom. The van der Waals surface area contributed by atoms with Gasteiger partial charge in [0.2, 0.25) is 0 Å². The summed E-state index contributed by atoms with van der Waals surface area (Å²) in [5.41, 5.74) is 5.91. The number of H-pyrrole nitrogens is 1. The first-order chi connectivity index (χ1) is 10.8. The summed E-state index contributed by atoms with van der Waals surface area (Å²) in [6, 6.07) is 3.54. The standard InChI is InChI=1S/C13H15AsBrN3O4S/c14-10-7(15)1-2-8-9(10)12(11(17-8)13(16)19)23(20,21)18-3-5-22-6-4-18/h1-2,17H,3-6,14H2,(H2,16,19). The number of benzene rings is 1. The van der Waals surface area contributed by atoms with E-state index < -0.39 is 15.9 Å². The van der Waals surface area contributed by atoms with Gasteiger partial charge in [-0.1, -0.05) is 0 Å². The molecule has 1 amide bonds. The molecule has 124 valence electrons. The van der Waals surface area contributed by atoms with Gasteiger partial charge in [-0.05, 0) is 0 Å². The van der Waals surface area contributed by atoms with Gasteiger partial charge >= 0.3 is 150 Å². The topological polar surface area (TPSA) is 105 Å². The van der Waals surface area contributed by atoms with E-state index in [1.165, 1.54) is 21.2 Å². The number of rotatable bonds is 3. The molecule has 7 nitrogen and oxygen atoms in total. The third-order valence-electron chi connectivity index (χ3n) is 3.72. The van der Waals surface area contributed by atoms with Crippen molar-refractivity contribution in [1.82, 2.24) is 9.29 Å². The van der Waals surface area contributed by atoms with E-state index in [4.69, 9.17) is 10.5 Å². The second kappa shape index (κ2) is 6.22. The quantitative estimate of drug-likeness (QED) is 0.587. The summed E-state index contributed by atoms with van der Waals surface area (Å²) >= 11 is 4.68. The van der Waals surface area contributed by atoms with Crippen molar-refractivity contribution in [3.05, 3.63) is 22.3 Å². The van der Waals surface area contributed by atoms with Gasteiger partial charge < -0.3 is 0 Å². The van der Waals surface area contributed by atoms with E-state index in [1.54, 1.807) is 6.07 Å². The number of halogens is 1. The van der Waals surface area contributed by atoms with Crippen LogP contribution in [0.15, 0.2) is 21.5 Å². The minimum atomic E-state index is -3.85. The molecule has 1 unspecified atom stereocenters. The number of morpholine rings is 1. The summed E-state index contributed by atoms with van der Waals surface area (Å²) in [4.78, 5) is 14.6. The van der Waals surface area contributed by atoms with Gasteiger partial charge in [0.05, 0.1) is 0 Å². The fourth-order valence-corrected chi connectivity index (χ4v) is 5.76. The van der Waals surface area contributed by atoms with E-state index in [2.05, 4.69) is 20.9 Å². The second-order valence-electron chi connectivity index (χ2n) is 5.09. The summed E-state index contributed by atoms with van der Waals surface area (Å²) in [5.74, 6) is -0.795. The Hall–Kier alpha value is -0.862. The molecule has 1 aliphatic heterocycles. The van der Waals surface area contributed by atoms with E-state index in [0.717, 1.165) is 8.82 Å². The monoisotopic (exact) mass is 463 g/mol. The fraction of sp³-hybridized carbons (Fsp3) is 0.308. The minimum absolute atomic E-state index is 0.0393. The number of nitrogens with one attached hydrogen (secondary N) is 1. The number of fused-ring (bicyclic) bond motifs is 1. The van der Waals surface area contributed by atoms with Crippen molar-refractivity contribution in [3.63, 3.8) is 0 Å². The molecular formula is C13H15AsBrN3O4S. The molecule has 1 aliphatic rings. The Bertz CT molecular complexity index is 890. The number of carbonyl (C=O) groups excluding carboxylic acids is 1. The number of sulfonamides is 1. The van der Waals surface area contributed by atoms with E-state index in [1.807, 2.05) is 6.07 Å². The number of primary amides is 1. The summed E-state index contributed by atoms with van der Waals surface area (Å²) < 4.78 is 34.3. The van der Waals surface area contributed by atoms with E-state index >= 15 is 0 Å². The average molecular weight is 464 g/mol. The third kappa shape index (κ3) is 2.85. The van der Waals surface area contributed by atoms with Crippen LogP contribution in [0.5, 0.6) is 0 Å². The van der Waals surface area contributed by atoms with Gasteiger partial charge in [-0.2, -0.15) is 0 Å². The fourth-order valence-electron chi connectivity index (χ4n) is 2.61. The zero-order chi connectivity index (χ0) is 16.8. The van der Waals surface area contributed by atoms with Crippen LogP contribution in [-0.4, -0.2) is 66.8 Å². The Balaban J connectivity index is 2.32. The molecule has 1 saturated heterocycles. The summed E-state index contributed by atoms with van der Waals surface area (Å²) in [6.45, 7) is 1.18. The average Bonchev–Trinajstić information content (AvgIpc) is 2.93. The molecule has 3 N–H and O–H groups in total. The van der Waals surface area contributed by atoms with Gasteiger partial charge in [-0.3, -0.25) is 0 Å². The Morgan fingerprint density at radius 1 is 1.35 bits per heavy atom. The number of aromatic amines is 1. The third-order valence-corrected chi connectivity index (χ3v) is 8.53. The molecule has 0 aliphatic carbocycles. The molecular weight excluding hydrogens is 449 g/mol. The zero-order valence-electron chi connectivity index (χ0n) is 12.0. The molecule has 0 bridgehead atoms. The van der Waals surface area contributed by atoms with Gasteiger partial charge in [0.15, 0.2) is 0 Å². The first kappa shape index (κ1) is 17.0. The van der Waals surface area contributed by atoms with Crippen LogP contribution in [0, 0.1) is 0 Å². The summed E-state index contributed by atoms with van der Waals surface area (Å²) in [6.07, 6.45) is 0. The normalized spacial score (nSPS) is 16.8. The van der Waals surface area contributed by atoms with Crippen molar-refractivity contribution in [3.8, 4) is 0 Å². The van der Waals surface area contributed by atoms with Gasteiger partial charge in [0.1, 0.15) is 0 Å². The number of carbonyl (C=O) groups is 1. The Morgan fingerprint density at radius 2 is 2.00 bits per heavy atom. The van der Waals surface area contributed by atoms with Crippen molar-refractivity contribution in [2.75, 3.05) is 26.3 Å². The van der Waals surface area contributed by atoms with Crippen LogP contribution in [0.4, 0.5) is 0 Å².